The summed E-state index contributed by atoms with van der Waals surface area (Å²) in [5.41, 5.74) is 2.50. The number of para-hydroxylation sites is 1. The Kier molecular flexibility index (Phi) is 3.08. The van der Waals surface area contributed by atoms with Gasteiger partial charge >= 0.3 is 0 Å². The van der Waals surface area contributed by atoms with Gasteiger partial charge in [-0.3, -0.25) is 0 Å². The quantitative estimate of drug-likeness (QED) is 0.813. The lowest BCUT2D eigenvalue weighted by atomic mass is 9.97. The average molecular weight is 259 g/mol. The molecule has 0 radical (unpaired) electrons. The highest BCUT2D eigenvalue weighted by molar-refractivity contribution is 7.09. The van der Waals surface area contributed by atoms with Gasteiger partial charge in [0.2, 0.25) is 0 Å². The highest BCUT2D eigenvalue weighted by Gasteiger charge is 2.23. The summed E-state index contributed by atoms with van der Waals surface area (Å²) in [6, 6.07) is 8.30. The van der Waals surface area contributed by atoms with E-state index in [4.69, 9.17) is 9.72 Å². The molecular formula is C15H17NOS. The molecule has 94 valence electrons. The molecule has 2 nitrogen and oxygen atoms in total. The van der Waals surface area contributed by atoms with Crippen LogP contribution in [0.5, 0.6) is 5.75 Å². The highest BCUT2D eigenvalue weighted by Crippen LogP contribution is 2.34. The van der Waals surface area contributed by atoms with Crippen LogP contribution in [0.2, 0.25) is 0 Å². The second kappa shape index (κ2) is 4.73. The fourth-order valence-corrected chi connectivity index (χ4v) is 3.31. The van der Waals surface area contributed by atoms with Gasteiger partial charge in [-0.1, -0.05) is 32.0 Å². The summed E-state index contributed by atoms with van der Waals surface area (Å²) < 4.78 is 5.83. The summed E-state index contributed by atoms with van der Waals surface area (Å²) in [6.45, 7) is 5.12. The van der Waals surface area contributed by atoms with Crippen molar-refractivity contribution in [2.45, 2.75) is 32.1 Å². The summed E-state index contributed by atoms with van der Waals surface area (Å²) in [7, 11) is 0. The topological polar surface area (TPSA) is 22.1 Å². The van der Waals surface area contributed by atoms with Crippen LogP contribution in [-0.2, 0) is 6.42 Å². The fraction of sp³-hybridized carbons (Fsp3) is 0.400. The first-order chi connectivity index (χ1) is 8.74. The summed E-state index contributed by atoms with van der Waals surface area (Å²) >= 11 is 1.77. The van der Waals surface area contributed by atoms with Crippen LogP contribution in [-0.4, -0.2) is 11.6 Å². The third-order valence-corrected chi connectivity index (χ3v) is 4.38. The van der Waals surface area contributed by atoms with Crippen molar-refractivity contribution < 1.29 is 4.74 Å². The number of thiazole rings is 1. The largest absolute Gasteiger partial charge is 0.493 e. The van der Waals surface area contributed by atoms with Crippen LogP contribution < -0.4 is 4.74 Å². The van der Waals surface area contributed by atoms with Gasteiger partial charge < -0.3 is 4.74 Å². The minimum absolute atomic E-state index is 0.414. The Hall–Kier alpha value is -1.35. The van der Waals surface area contributed by atoms with Crippen molar-refractivity contribution in [1.29, 1.82) is 0 Å². The third kappa shape index (κ3) is 2.15. The van der Waals surface area contributed by atoms with E-state index in [1.54, 1.807) is 11.3 Å². The van der Waals surface area contributed by atoms with Crippen molar-refractivity contribution in [2.24, 2.45) is 0 Å². The molecule has 3 rings (SSSR count). The number of ether oxygens (including phenoxy) is 1. The van der Waals surface area contributed by atoms with E-state index in [0.29, 0.717) is 11.8 Å². The van der Waals surface area contributed by atoms with Gasteiger partial charge in [0.25, 0.3) is 0 Å². The average Bonchev–Trinajstić information content (AvgIpc) is 2.88. The van der Waals surface area contributed by atoms with Crippen molar-refractivity contribution in [2.75, 3.05) is 6.61 Å². The van der Waals surface area contributed by atoms with Crippen LogP contribution >= 0.6 is 11.3 Å². The molecule has 0 saturated carbocycles. The fourth-order valence-electron chi connectivity index (χ4n) is 2.24. The smallest absolute Gasteiger partial charge is 0.122 e. The molecule has 1 atom stereocenters. The van der Waals surface area contributed by atoms with E-state index >= 15 is 0 Å². The lowest BCUT2D eigenvalue weighted by Crippen LogP contribution is -2.19. The Balaban J connectivity index is 1.83. The van der Waals surface area contributed by atoms with Gasteiger partial charge in [0.1, 0.15) is 5.75 Å². The number of fused-ring (bicyclic) bond motifs is 1. The number of rotatable bonds is 2. The number of hydrogen-bond donors (Lipinski definition) is 0. The molecule has 1 unspecified atom stereocenters. The van der Waals surface area contributed by atoms with Gasteiger partial charge in [-0.05, 0) is 24.0 Å². The second-order valence-corrected chi connectivity index (χ2v) is 5.97. The highest BCUT2D eigenvalue weighted by atomic mass is 32.1. The van der Waals surface area contributed by atoms with Crippen LogP contribution in [0.25, 0.3) is 0 Å². The molecule has 1 aromatic carbocycles. The summed E-state index contributed by atoms with van der Waals surface area (Å²) in [6.07, 6.45) is 1.04. The first-order valence-electron chi connectivity index (χ1n) is 6.40. The van der Waals surface area contributed by atoms with E-state index in [1.165, 1.54) is 16.3 Å². The maximum absolute atomic E-state index is 5.83. The summed E-state index contributed by atoms with van der Waals surface area (Å²) in [5, 5.41) is 3.40. The standard InChI is InChI=1S/C15H17NOS/c1-10(2)13-9-18-15(16-13)12-7-11-5-3-4-6-14(11)17-8-12/h3-6,9-10,12H,7-8H2,1-2H3. The zero-order valence-electron chi connectivity index (χ0n) is 10.7. The van der Waals surface area contributed by atoms with Gasteiger partial charge in [-0.25, -0.2) is 4.98 Å². The SMILES string of the molecule is CC(C)c1csc(C2COc3ccccc3C2)n1. The Morgan fingerprint density at radius 1 is 1.33 bits per heavy atom. The minimum Gasteiger partial charge on any atom is -0.493 e. The zero-order valence-corrected chi connectivity index (χ0v) is 11.5. The Labute approximate surface area is 112 Å². The van der Waals surface area contributed by atoms with Gasteiger partial charge in [-0.2, -0.15) is 0 Å². The van der Waals surface area contributed by atoms with E-state index in [0.717, 1.165) is 18.8 Å². The maximum atomic E-state index is 5.83. The van der Waals surface area contributed by atoms with Gasteiger partial charge in [0, 0.05) is 11.3 Å². The van der Waals surface area contributed by atoms with Crippen molar-refractivity contribution in [3.63, 3.8) is 0 Å². The molecule has 0 fully saturated rings. The van der Waals surface area contributed by atoms with E-state index in [1.807, 2.05) is 12.1 Å². The van der Waals surface area contributed by atoms with Crippen LogP contribution in [0, 0.1) is 0 Å². The molecule has 0 N–H and O–H groups in total. The third-order valence-electron chi connectivity index (χ3n) is 3.36. The van der Waals surface area contributed by atoms with E-state index in [9.17, 15) is 0 Å². The predicted octanol–water partition coefficient (Wildman–Crippen LogP) is 3.99. The van der Waals surface area contributed by atoms with E-state index < -0.39 is 0 Å². The summed E-state index contributed by atoms with van der Waals surface area (Å²) in [4.78, 5) is 4.74. The van der Waals surface area contributed by atoms with Gasteiger partial charge in [0.05, 0.1) is 17.3 Å². The van der Waals surface area contributed by atoms with Crippen LogP contribution in [0.3, 0.4) is 0 Å². The van der Waals surface area contributed by atoms with E-state index in [-0.39, 0.29) is 0 Å². The minimum atomic E-state index is 0.414. The van der Waals surface area contributed by atoms with Gasteiger partial charge in [-0.15, -0.1) is 11.3 Å². The molecule has 18 heavy (non-hydrogen) atoms. The first kappa shape index (κ1) is 11.7. The summed E-state index contributed by atoms with van der Waals surface area (Å²) in [5.74, 6) is 1.96. The monoisotopic (exact) mass is 259 g/mol. The molecule has 0 aliphatic carbocycles. The molecule has 0 spiro atoms. The normalized spacial score (nSPS) is 18.5. The Morgan fingerprint density at radius 2 is 2.17 bits per heavy atom. The van der Waals surface area contributed by atoms with E-state index in [2.05, 4.69) is 31.4 Å². The molecule has 1 aliphatic rings. The Bertz CT molecular complexity index is 547. The lowest BCUT2D eigenvalue weighted by Gasteiger charge is -2.23. The number of nitrogens with zero attached hydrogens (tertiary/aromatic N) is 1. The molecule has 3 heteroatoms. The van der Waals surface area contributed by atoms with Crippen LogP contribution in [0.1, 0.15) is 41.9 Å². The van der Waals surface area contributed by atoms with Crippen molar-refractivity contribution in [3.8, 4) is 5.75 Å². The predicted molar refractivity (Wildman–Crippen MR) is 74.6 cm³/mol. The number of benzene rings is 1. The maximum Gasteiger partial charge on any atom is 0.122 e. The molecular weight excluding hydrogens is 242 g/mol. The van der Waals surface area contributed by atoms with Gasteiger partial charge in [0.15, 0.2) is 0 Å². The van der Waals surface area contributed by atoms with Crippen LogP contribution in [0.15, 0.2) is 29.6 Å². The molecule has 0 bridgehead atoms. The second-order valence-electron chi connectivity index (χ2n) is 5.09. The number of hydrogen-bond acceptors (Lipinski definition) is 3. The molecule has 2 heterocycles. The molecule has 0 saturated heterocycles. The Morgan fingerprint density at radius 3 is 2.94 bits per heavy atom. The van der Waals surface area contributed by atoms with Crippen molar-refractivity contribution in [1.82, 2.24) is 4.98 Å². The lowest BCUT2D eigenvalue weighted by molar-refractivity contribution is 0.262. The van der Waals surface area contributed by atoms with Crippen molar-refractivity contribution in [3.05, 3.63) is 45.9 Å². The molecule has 0 amide bonds. The zero-order chi connectivity index (χ0) is 12.5. The van der Waals surface area contributed by atoms with Crippen molar-refractivity contribution >= 4 is 11.3 Å². The first-order valence-corrected chi connectivity index (χ1v) is 7.28. The molecule has 2 aromatic rings. The molecule has 1 aromatic heterocycles. The number of aromatic nitrogens is 1. The molecule has 1 aliphatic heterocycles. The van der Waals surface area contributed by atoms with Crippen LogP contribution in [0.4, 0.5) is 0 Å².